The number of rotatable bonds is 9. The van der Waals surface area contributed by atoms with Crippen LogP contribution in [-0.4, -0.2) is 95.3 Å². The smallest absolute Gasteiger partial charge is 0.493 e. The van der Waals surface area contributed by atoms with Crippen LogP contribution in [0.1, 0.15) is 17.5 Å². The molecule has 3 heterocycles. The third kappa shape index (κ3) is 5.24. The monoisotopic (exact) mass is 715 g/mol. The highest BCUT2D eigenvalue weighted by atomic mass is 35.5. The molecule has 1 saturated heterocycles. The van der Waals surface area contributed by atoms with E-state index in [4.69, 9.17) is 25.8 Å². The minimum absolute atomic E-state index is 0.00706. The number of aromatic nitrogens is 1. The zero-order valence-electron chi connectivity index (χ0n) is 26.2. The average Bonchev–Trinajstić information content (AvgIpc) is 3.49. The van der Waals surface area contributed by atoms with Crippen molar-refractivity contribution in [2.45, 2.75) is 35.4 Å². The molecule has 0 radical (unpaired) electrons. The van der Waals surface area contributed by atoms with E-state index < -0.39 is 72.5 Å². The Morgan fingerprint density at radius 3 is 2.40 bits per heavy atom. The molecular weight excluding hydrogens is 685 g/mol. The van der Waals surface area contributed by atoms with Gasteiger partial charge in [0.15, 0.2) is 17.5 Å². The molecule has 48 heavy (non-hydrogen) atoms. The first-order valence-corrected chi connectivity index (χ1v) is 16.0. The van der Waals surface area contributed by atoms with Gasteiger partial charge < -0.3 is 29.4 Å². The van der Waals surface area contributed by atoms with E-state index in [2.05, 4.69) is 15.0 Å². The maximum Gasteiger partial charge on any atom is 0.573 e. The van der Waals surface area contributed by atoms with Gasteiger partial charge in [0.1, 0.15) is 12.6 Å². The number of likely N-dealkylation sites (N-methyl/N-ethyl adjacent to an activating group) is 2. The quantitative estimate of drug-likeness (QED) is 0.316. The summed E-state index contributed by atoms with van der Waals surface area (Å²) in [5.74, 6) is -3.85. The van der Waals surface area contributed by atoms with Crippen LogP contribution in [0.25, 0.3) is 0 Å². The standard InChI is InChI=1S/C30H30ClF3N4O9S/c1-35-26(40)22-12-17(39)15-38(22,2)29(19-7-6-10-36-27(19)46-5)20-11-16(31)8-9-21(20)37(28(29)41)48(42,43)18-13-23(44-3)25(45-4)24(14-18)47-30(32,33)34/h6-11,13-14,17,22,39H,12,15H2,1-5H3/p+1/t17-,22+,29?,38?/m1/s1. The van der Waals surface area contributed by atoms with Crippen LogP contribution in [0.3, 0.4) is 0 Å². The average molecular weight is 716 g/mol. The van der Waals surface area contributed by atoms with E-state index in [0.29, 0.717) is 10.4 Å². The Hall–Kier alpha value is -4.32. The number of ether oxygens (including phenoxy) is 4. The third-order valence-electron chi connectivity index (χ3n) is 8.69. The number of nitrogens with one attached hydrogen (secondary N) is 1. The number of amides is 2. The second-order valence-electron chi connectivity index (χ2n) is 11.2. The van der Waals surface area contributed by atoms with Gasteiger partial charge in [0.2, 0.25) is 17.2 Å². The molecule has 1 fully saturated rings. The van der Waals surface area contributed by atoms with Crippen LogP contribution in [0.2, 0.25) is 5.02 Å². The lowest BCUT2D eigenvalue weighted by Crippen LogP contribution is -2.69. The molecule has 0 aliphatic carbocycles. The van der Waals surface area contributed by atoms with E-state index in [1.807, 2.05) is 0 Å². The maximum absolute atomic E-state index is 15.4. The number of hydrogen-bond donors (Lipinski definition) is 2. The summed E-state index contributed by atoms with van der Waals surface area (Å²) in [7, 11) is 1.16. The number of fused-ring (bicyclic) bond motifs is 1. The van der Waals surface area contributed by atoms with Gasteiger partial charge in [-0.1, -0.05) is 11.6 Å². The number of aliphatic hydroxyl groups is 1. The number of benzene rings is 2. The van der Waals surface area contributed by atoms with Crippen molar-refractivity contribution in [3.63, 3.8) is 0 Å². The second kappa shape index (κ2) is 12.3. The number of quaternary nitrogens is 1. The fraction of sp³-hybridized carbons (Fsp3) is 0.367. The molecule has 13 nitrogen and oxygen atoms in total. The number of carbonyl (C=O) groups is 2. The maximum atomic E-state index is 15.4. The highest BCUT2D eigenvalue weighted by Gasteiger charge is 2.72. The van der Waals surface area contributed by atoms with Crippen molar-refractivity contribution in [1.82, 2.24) is 10.3 Å². The Morgan fingerprint density at radius 2 is 1.79 bits per heavy atom. The number of sulfonamides is 1. The summed E-state index contributed by atoms with van der Waals surface area (Å²) >= 11 is 6.49. The number of methoxy groups -OCH3 is 3. The number of halogens is 4. The number of hydrogen-bond acceptors (Lipinski definition) is 10. The van der Waals surface area contributed by atoms with Gasteiger partial charge in [-0.15, -0.1) is 13.2 Å². The molecular formula is C30H31ClF3N4O9S+. The van der Waals surface area contributed by atoms with Crippen LogP contribution >= 0.6 is 11.6 Å². The number of carbonyl (C=O) groups excluding carboxylic acids is 2. The molecule has 3 aromatic rings. The number of nitrogens with zero attached hydrogens (tertiary/aromatic N) is 3. The van der Waals surface area contributed by atoms with Crippen LogP contribution in [0.4, 0.5) is 18.9 Å². The molecule has 0 spiro atoms. The first-order valence-electron chi connectivity index (χ1n) is 14.2. The van der Waals surface area contributed by atoms with Gasteiger partial charge in [-0.05, 0) is 30.3 Å². The molecule has 5 rings (SSSR count). The van der Waals surface area contributed by atoms with Crippen LogP contribution in [0.5, 0.6) is 23.1 Å². The predicted octanol–water partition coefficient (Wildman–Crippen LogP) is 2.96. The van der Waals surface area contributed by atoms with E-state index in [1.54, 1.807) is 0 Å². The SMILES string of the molecule is CNC(=O)[C@@H]1C[C@@H](O)C[N+]1(C)C1(c2cccnc2OC)C(=O)N(S(=O)(=O)c2cc(OC)c(OC)c(OC(F)(F)F)c2)c2ccc(Cl)cc21. The molecule has 0 saturated carbocycles. The summed E-state index contributed by atoms with van der Waals surface area (Å²) in [5.41, 5.74) is -2.35. The molecule has 0 bridgehead atoms. The summed E-state index contributed by atoms with van der Waals surface area (Å²) in [6.45, 7) is -0.221. The van der Waals surface area contributed by atoms with Crippen molar-refractivity contribution in [2.75, 3.05) is 46.3 Å². The first-order chi connectivity index (χ1) is 22.5. The molecule has 258 valence electrons. The summed E-state index contributed by atoms with van der Waals surface area (Å²) in [6.07, 6.45) is -5.11. The zero-order chi connectivity index (χ0) is 35.4. The summed E-state index contributed by atoms with van der Waals surface area (Å²) < 4.78 is 89.3. The fourth-order valence-corrected chi connectivity index (χ4v) is 8.50. The van der Waals surface area contributed by atoms with Crippen molar-refractivity contribution in [1.29, 1.82) is 0 Å². The van der Waals surface area contributed by atoms with Gasteiger partial charge >= 0.3 is 12.3 Å². The highest BCUT2D eigenvalue weighted by Crippen LogP contribution is 2.58. The topological polar surface area (TPSA) is 154 Å². The Labute approximate surface area is 278 Å². The molecule has 1 aromatic heterocycles. The number of likely N-dealkylation sites (tertiary alicyclic amines) is 1. The predicted molar refractivity (Wildman–Crippen MR) is 163 cm³/mol. The first kappa shape index (κ1) is 35.0. The van der Waals surface area contributed by atoms with Crippen molar-refractivity contribution in [3.8, 4) is 23.1 Å². The Morgan fingerprint density at radius 1 is 1.10 bits per heavy atom. The molecule has 2 amide bonds. The number of anilines is 1. The minimum atomic E-state index is -5.26. The van der Waals surface area contributed by atoms with E-state index in [1.165, 1.54) is 57.7 Å². The van der Waals surface area contributed by atoms with Gasteiger partial charge in [-0.25, -0.2) is 13.4 Å². The molecule has 4 atom stereocenters. The Kier molecular flexibility index (Phi) is 8.96. The summed E-state index contributed by atoms with van der Waals surface area (Å²) in [5, 5.41) is 13.6. The molecule has 2 unspecified atom stereocenters. The molecule has 2 N–H and O–H groups in total. The van der Waals surface area contributed by atoms with Gasteiger partial charge in [0, 0.05) is 36.8 Å². The van der Waals surface area contributed by atoms with Crippen molar-refractivity contribution < 1.29 is 59.7 Å². The van der Waals surface area contributed by atoms with Gasteiger partial charge in [0.05, 0.1) is 50.1 Å². The number of aliphatic hydroxyl groups excluding tert-OH is 1. The summed E-state index contributed by atoms with van der Waals surface area (Å²) in [4.78, 5) is 32.2. The molecule has 18 heteroatoms. The van der Waals surface area contributed by atoms with E-state index >= 15 is 4.79 Å². The number of pyridine rings is 1. The van der Waals surface area contributed by atoms with E-state index in [0.717, 1.165) is 20.3 Å². The second-order valence-corrected chi connectivity index (χ2v) is 13.4. The van der Waals surface area contributed by atoms with Crippen LogP contribution < -0.4 is 28.6 Å². The van der Waals surface area contributed by atoms with E-state index in [-0.39, 0.29) is 40.7 Å². The minimum Gasteiger partial charge on any atom is -0.493 e. The lowest BCUT2D eigenvalue weighted by Gasteiger charge is -2.48. The molecule has 2 aliphatic heterocycles. The zero-order valence-corrected chi connectivity index (χ0v) is 27.7. The molecule has 2 aliphatic rings. The lowest BCUT2D eigenvalue weighted by atomic mass is 9.79. The van der Waals surface area contributed by atoms with Crippen LogP contribution in [-0.2, 0) is 25.2 Å². The van der Waals surface area contributed by atoms with E-state index in [9.17, 15) is 31.5 Å². The van der Waals surface area contributed by atoms with Crippen molar-refractivity contribution in [3.05, 3.63) is 64.8 Å². The van der Waals surface area contributed by atoms with Gasteiger partial charge in [0.25, 0.3) is 15.9 Å². The Balaban J connectivity index is 1.88. The van der Waals surface area contributed by atoms with Gasteiger partial charge in [-0.3, -0.25) is 14.1 Å². The largest absolute Gasteiger partial charge is 0.573 e. The van der Waals surface area contributed by atoms with Crippen molar-refractivity contribution >= 4 is 39.1 Å². The van der Waals surface area contributed by atoms with Gasteiger partial charge in [-0.2, -0.15) is 4.31 Å². The third-order valence-corrected chi connectivity index (χ3v) is 10.6. The fourth-order valence-electron chi connectivity index (χ4n) is 6.84. The Bertz CT molecular complexity index is 1900. The van der Waals surface area contributed by atoms with Crippen molar-refractivity contribution in [2.24, 2.45) is 0 Å². The van der Waals surface area contributed by atoms with Crippen LogP contribution in [0, 0.1) is 0 Å². The van der Waals surface area contributed by atoms with Crippen LogP contribution in [0.15, 0.2) is 53.6 Å². The molecule has 2 aromatic carbocycles. The lowest BCUT2D eigenvalue weighted by molar-refractivity contribution is -0.953. The number of alkyl halides is 3. The highest BCUT2D eigenvalue weighted by molar-refractivity contribution is 7.93. The summed E-state index contributed by atoms with van der Waals surface area (Å²) in [6, 6.07) is 7.23. The normalized spacial score (nSPS) is 23.9.